The fourth-order valence-corrected chi connectivity index (χ4v) is 3.90. The van der Waals surface area contributed by atoms with E-state index in [0.29, 0.717) is 34.1 Å². The second-order valence-corrected chi connectivity index (χ2v) is 8.98. The van der Waals surface area contributed by atoms with Gasteiger partial charge in [-0.1, -0.05) is 0 Å². The van der Waals surface area contributed by atoms with E-state index in [-0.39, 0.29) is 4.35 Å². The summed E-state index contributed by atoms with van der Waals surface area (Å²) in [6.07, 6.45) is 1.43. The van der Waals surface area contributed by atoms with Crippen LogP contribution in [0.5, 0.6) is 11.5 Å². The van der Waals surface area contributed by atoms with Crippen LogP contribution in [0, 0.1) is 6.92 Å². The zero-order chi connectivity index (χ0) is 18.9. The van der Waals surface area contributed by atoms with Gasteiger partial charge in [-0.2, -0.15) is 0 Å². The Labute approximate surface area is 152 Å². The van der Waals surface area contributed by atoms with Crippen LogP contribution in [-0.2, 0) is 3.74 Å². The molecule has 0 aliphatic heterocycles. The number of fused-ring (bicyclic) bond motifs is 1. The average molecular weight is 419 g/mol. The van der Waals surface area contributed by atoms with E-state index in [4.69, 9.17) is 9.47 Å². The van der Waals surface area contributed by atoms with E-state index in [1.165, 1.54) is 18.5 Å². The molecule has 3 rings (SSSR count). The zero-order valence-electron chi connectivity index (χ0n) is 14.4. The molecule has 0 spiro atoms. The molecule has 0 unspecified atom stereocenters. The Balaban J connectivity index is 2.05. The van der Waals surface area contributed by atoms with Crippen LogP contribution in [-0.4, -0.2) is 46.6 Å². The summed E-state index contributed by atoms with van der Waals surface area (Å²) in [6.45, 7) is 1.77. The van der Waals surface area contributed by atoms with E-state index in [0.717, 1.165) is 5.39 Å². The van der Waals surface area contributed by atoms with Gasteiger partial charge in [-0.25, -0.2) is 0 Å². The van der Waals surface area contributed by atoms with Gasteiger partial charge in [-0.3, -0.25) is 0 Å². The molecule has 9 heteroatoms. The standard InChI is InChI=1S/C17H18AsN3O5/c1-10-6-11(18(22,23)24)4-5-13(10)21-17-12-7-15(25-2)16(26-3)8-14(12)19-9-20-17/h4-9H,1-3H3,(H,19,20,21)(H2,22,23,24). The molecule has 3 aromatic rings. The summed E-state index contributed by atoms with van der Waals surface area (Å²) >= 11 is -4.92. The first-order chi connectivity index (χ1) is 12.3. The van der Waals surface area contributed by atoms with Crippen LogP contribution in [0.25, 0.3) is 10.9 Å². The summed E-state index contributed by atoms with van der Waals surface area (Å²) in [5.41, 5.74) is 2.06. The predicted molar refractivity (Wildman–Crippen MR) is 97.6 cm³/mol. The van der Waals surface area contributed by atoms with Crippen molar-refractivity contribution in [1.29, 1.82) is 0 Å². The minimum absolute atomic E-state index is 0.0325. The molecule has 0 bridgehead atoms. The number of nitrogens with zero attached hydrogens (tertiary/aromatic N) is 2. The van der Waals surface area contributed by atoms with E-state index in [1.807, 2.05) is 0 Å². The van der Waals surface area contributed by atoms with E-state index in [2.05, 4.69) is 15.3 Å². The molecule has 0 saturated heterocycles. The Bertz CT molecular complexity index is 1020. The number of nitrogens with one attached hydrogen (secondary N) is 1. The van der Waals surface area contributed by atoms with Crippen LogP contribution >= 0.6 is 0 Å². The third-order valence-electron chi connectivity index (χ3n) is 3.94. The number of hydrogen-bond acceptors (Lipinski definition) is 6. The summed E-state index contributed by atoms with van der Waals surface area (Å²) < 4.78 is 40.8. The van der Waals surface area contributed by atoms with E-state index in [1.54, 1.807) is 39.3 Å². The number of methoxy groups -OCH3 is 2. The summed E-state index contributed by atoms with van der Waals surface area (Å²) in [7, 11) is 3.10. The average Bonchev–Trinajstić information content (AvgIpc) is 2.61. The van der Waals surface area contributed by atoms with Gasteiger partial charge in [0.05, 0.1) is 0 Å². The fourth-order valence-electron chi connectivity index (χ4n) is 2.58. The number of aromatic nitrogens is 2. The van der Waals surface area contributed by atoms with Crippen molar-refractivity contribution in [3.63, 3.8) is 0 Å². The van der Waals surface area contributed by atoms with Gasteiger partial charge < -0.3 is 0 Å². The van der Waals surface area contributed by atoms with Crippen LogP contribution in [0.15, 0.2) is 36.7 Å². The third kappa shape index (κ3) is 3.53. The van der Waals surface area contributed by atoms with Crippen molar-refractivity contribution in [2.24, 2.45) is 0 Å². The Kier molecular flexibility index (Phi) is 4.91. The van der Waals surface area contributed by atoms with Crippen molar-refractivity contribution in [1.82, 2.24) is 9.97 Å². The number of benzene rings is 2. The molecule has 1 heterocycles. The number of ether oxygens (including phenoxy) is 2. The topological polar surface area (TPSA) is 114 Å². The summed E-state index contributed by atoms with van der Waals surface area (Å²) in [5.74, 6) is 1.66. The molecule has 2 aromatic carbocycles. The molecule has 0 atom stereocenters. The van der Waals surface area contributed by atoms with Crippen LogP contribution in [0.2, 0.25) is 0 Å². The molecule has 8 nitrogen and oxygen atoms in total. The van der Waals surface area contributed by atoms with Gasteiger partial charge in [0.15, 0.2) is 0 Å². The van der Waals surface area contributed by atoms with Crippen molar-refractivity contribution in [2.75, 3.05) is 19.5 Å². The molecule has 0 saturated carbocycles. The first kappa shape index (κ1) is 18.3. The second-order valence-electron chi connectivity index (χ2n) is 5.61. The quantitative estimate of drug-likeness (QED) is 0.530. The van der Waals surface area contributed by atoms with E-state index >= 15 is 0 Å². The maximum atomic E-state index is 11.4. The van der Waals surface area contributed by atoms with Gasteiger partial charge in [-0.15, -0.1) is 0 Å². The van der Waals surface area contributed by atoms with Crippen molar-refractivity contribution in [3.05, 3.63) is 42.2 Å². The molecular formula is C17H18AsN3O5. The summed E-state index contributed by atoms with van der Waals surface area (Å²) in [5, 5.41) is 3.92. The SMILES string of the molecule is COc1cc2ncnc(Nc3ccc([As](=O)(O)O)cc3C)c2cc1OC. The number of aryl methyl sites for hydroxylation is 1. The van der Waals surface area contributed by atoms with Gasteiger partial charge in [0.25, 0.3) is 0 Å². The number of rotatable bonds is 5. The van der Waals surface area contributed by atoms with Gasteiger partial charge >= 0.3 is 152 Å². The molecule has 3 N–H and O–H groups in total. The Morgan fingerprint density at radius 1 is 1.04 bits per heavy atom. The fraction of sp³-hybridized carbons (Fsp3) is 0.176. The minimum atomic E-state index is -4.92. The van der Waals surface area contributed by atoms with Crippen molar-refractivity contribution < 1.29 is 21.4 Å². The van der Waals surface area contributed by atoms with Crippen molar-refractivity contribution in [3.8, 4) is 11.5 Å². The van der Waals surface area contributed by atoms with Gasteiger partial charge in [-0.05, 0) is 0 Å². The monoisotopic (exact) mass is 419 g/mol. The number of hydrogen-bond donors (Lipinski definition) is 3. The molecule has 0 radical (unpaired) electrons. The molecule has 1 aromatic heterocycles. The molecule has 136 valence electrons. The van der Waals surface area contributed by atoms with Gasteiger partial charge in [0.1, 0.15) is 0 Å². The van der Waals surface area contributed by atoms with Crippen LogP contribution in [0.3, 0.4) is 0 Å². The Morgan fingerprint density at radius 3 is 2.35 bits per heavy atom. The maximum absolute atomic E-state index is 11.4. The van der Waals surface area contributed by atoms with E-state index in [9.17, 15) is 11.9 Å². The molecule has 0 fully saturated rings. The first-order valence-electron chi connectivity index (χ1n) is 7.64. The van der Waals surface area contributed by atoms with Crippen LogP contribution < -0.4 is 19.1 Å². The predicted octanol–water partition coefficient (Wildman–Crippen LogP) is 1.26. The molecular weight excluding hydrogens is 401 g/mol. The number of anilines is 2. The third-order valence-corrected chi connectivity index (χ3v) is 5.94. The van der Waals surface area contributed by atoms with Crippen molar-refractivity contribution >= 4 is 40.9 Å². The molecule has 0 amide bonds. The normalized spacial score (nSPS) is 11.4. The van der Waals surface area contributed by atoms with Crippen LogP contribution in [0.4, 0.5) is 11.5 Å². The Morgan fingerprint density at radius 2 is 1.73 bits per heavy atom. The Hall–Kier alpha value is -2.54. The second kappa shape index (κ2) is 6.99. The van der Waals surface area contributed by atoms with Crippen molar-refractivity contribution in [2.45, 2.75) is 6.92 Å². The van der Waals surface area contributed by atoms with Gasteiger partial charge in [0.2, 0.25) is 0 Å². The molecule has 26 heavy (non-hydrogen) atoms. The van der Waals surface area contributed by atoms with Crippen LogP contribution in [0.1, 0.15) is 5.56 Å². The van der Waals surface area contributed by atoms with E-state index < -0.39 is 14.2 Å². The summed E-state index contributed by atoms with van der Waals surface area (Å²) in [4.78, 5) is 8.53. The summed E-state index contributed by atoms with van der Waals surface area (Å²) in [6, 6.07) is 8.06. The molecule has 0 aliphatic rings. The van der Waals surface area contributed by atoms with Gasteiger partial charge in [0, 0.05) is 0 Å². The first-order valence-corrected chi connectivity index (χ1v) is 11.0. The zero-order valence-corrected chi connectivity index (χ0v) is 16.3. The molecule has 0 aliphatic carbocycles.